The molecule has 0 bridgehead atoms. The molecule has 0 spiro atoms. The SMILES string of the molecule is Cn1cc(-c2cnc(OC3CCN(Cc4nnc(C(F)(F)F)o4)CC3)nc2)cn1. The first-order valence-electron chi connectivity index (χ1n) is 8.96. The number of rotatable bonds is 5. The molecule has 1 aliphatic heterocycles. The minimum atomic E-state index is -4.63. The van der Waals surface area contributed by atoms with Gasteiger partial charge in [-0.1, -0.05) is 0 Å². The maximum atomic E-state index is 12.5. The first kappa shape index (κ1) is 19.3. The molecular formula is C17H18F3N7O2. The summed E-state index contributed by atoms with van der Waals surface area (Å²) in [4.78, 5) is 10.4. The number of halogens is 3. The van der Waals surface area contributed by atoms with E-state index in [0.29, 0.717) is 31.9 Å². The van der Waals surface area contributed by atoms with Crippen LogP contribution in [0.1, 0.15) is 24.6 Å². The van der Waals surface area contributed by atoms with E-state index in [0.717, 1.165) is 11.1 Å². The van der Waals surface area contributed by atoms with Crippen LogP contribution in [-0.4, -0.2) is 54.0 Å². The number of hydrogen-bond donors (Lipinski definition) is 0. The van der Waals surface area contributed by atoms with Gasteiger partial charge in [0.1, 0.15) is 6.10 Å². The smallest absolute Gasteiger partial charge is 0.460 e. The molecular weight excluding hydrogens is 391 g/mol. The van der Waals surface area contributed by atoms with E-state index in [9.17, 15) is 13.2 Å². The van der Waals surface area contributed by atoms with Crippen molar-refractivity contribution >= 4 is 0 Å². The molecule has 1 aliphatic rings. The zero-order valence-corrected chi connectivity index (χ0v) is 15.5. The van der Waals surface area contributed by atoms with Crippen molar-refractivity contribution < 1.29 is 22.3 Å². The zero-order chi connectivity index (χ0) is 20.4. The van der Waals surface area contributed by atoms with Crippen LogP contribution in [0.15, 0.2) is 29.2 Å². The van der Waals surface area contributed by atoms with E-state index in [2.05, 4.69) is 29.7 Å². The number of alkyl halides is 3. The molecule has 29 heavy (non-hydrogen) atoms. The molecule has 0 unspecified atom stereocenters. The predicted octanol–water partition coefficient (Wildman–Crippen LogP) is 2.32. The predicted molar refractivity (Wildman–Crippen MR) is 92.5 cm³/mol. The Hall–Kier alpha value is -3.02. The molecule has 0 amide bonds. The molecule has 0 N–H and O–H groups in total. The van der Waals surface area contributed by atoms with Gasteiger partial charge >= 0.3 is 18.1 Å². The van der Waals surface area contributed by atoms with Crippen LogP contribution in [0.3, 0.4) is 0 Å². The molecule has 154 valence electrons. The van der Waals surface area contributed by atoms with Crippen molar-refractivity contribution in [3.8, 4) is 17.1 Å². The van der Waals surface area contributed by atoms with E-state index in [1.54, 1.807) is 23.3 Å². The van der Waals surface area contributed by atoms with E-state index in [-0.39, 0.29) is 18.5 Å². The van der Waals surface area contributed by atoms with E-state index in [1.807, 2.05) is 18.1 Å². The number of aromatic nitrogens is 6. The molecule has 4 heterocycles. The molecule has 0 aromatic carbocycles. The van der Waals surface area contributed by atoms with Crippen LogP contribution in [0.4, 0.5) is 13.2 Å². The van der Waals surface area contributed by atoms with Crippen LogP contribution in [0.25, 0.3) is 11.1 Å². The second kappa shape index (κ2) is 7.78. The van der Waals surface area contributed by atoms with Gasteiger partial charge in [-0.25, -0.2) is 9.97 Å². The molecule has 0 radical (unpaired) electrons. The Morgan fingerprint density at radius 1 is 1.10 bits per heavy atom. The van der Waals surface area contributed by atoms with Crippen molar-refractivity contribution in [3.63, 3.8) is 0 Å². The summed E-state index contributed by atoms with van der Waals surface area (Å²) in [6.45, 7) is 1.43. The lowest BCUT2D eigenvalue weighted by Crippen LogP contribution is -2.38. The topological polar surface area (TPSA) is 95.0 Å². The molecule has 9 nitrogen and oxygen atoms in total. The van der Waals surface area contributed by atoms with Gasteiger partial charge in [0.05, 0.1) is 12.7 Å². The summed E-state index contributed by atoms with van der Waals surface area (Å²) in [6, 6.07) is 0.294. The highest BCUT2D eigenvalue weighted by molar-refractivity contribution is 5.59. The molecule has 3 aromatic heterocycles. The van der Waals surface area contributed by atoms with Crippen LogP contribution in [-0.2, 0) is 19.8 Å². The van der Waals surface area contributed by atoms with Crippen molar-refractivity contribution in [3.05, 3.63) is 36.6 Å². The first-order chi connectivity index (χ1) is 13.9. The highest BCUT2D eigenvalue weighted by Crippen LogP contribution is 2.28. The minimum absolute atomic E-state index is 0.0500. The van der Waals surface area contributed by atoms with Gasteiger partial charge in [0.2, 0.25) is 5.89 Å². The van der Waals surface area contributed by atoms with Gasteiger partial charge in [0.25, 0.3) is 0 Å². The van der Waals surface area contributed by atoms with Gasteiger partial charge in [-0.05, 0) is 12.8 Å². The summed E-state index contributed by atoms with van der Waals surface area (Å²) in [5.74, 6) is -1.37. The second-order valence-corrected chi connectivity index (χ2v) is 6.75. The van der Waals surface area contributed by atoms with Gasteiger partial charge in [-0.2, -0.15) is 18.3 Å². The average Bonchev–Trinajstić information content (AvgIpc) is 3.33. The monoisotopic (exact) mass is 409 g/mol. The third kappa shape index (κ3) is 4.70. The fourth-order valence-electron chi connectivity index (χ4n) is 3.05. The van der Waals surface area contributed by atoms with Crippen molar-refractivity contribution in [1.82, 2.24) is 34.8 Å². The van der Waals surface area contributed by atoms with Crippen LogP contribution in [0.5, 0.6) is 6.01 Å². The number of nitrogens with zero attached hydrogens (tertiary/aromatic N) is 7. The molecule has 0 saturated carbocycles. The summed E-state index contributed by atoms with van der Waals surface area (Å²) >= 11 is 0. The van der Waals surface area contributed by atoms with E-state index in [4.69, 9.17) is 4.74 Å². The normalized spacial score (nSPS) is 16.3. The molecule has 4 rings (SSSR count). The highest BCUT2D eigenvalue weighted by Gasteiger charge is 2.38. The molecule has 3 aromatic rings. The maximum absolute atomic E-state index is 12.5. The third-order valence-electron chi connectivity index (χ3n) is 4.54. The van der Waals surface area contributed by atoms with Gasteiger partial charge in [0.15, 0.2) is 0 Å². The lowest BCUT2D eigenvalue weighted by atomic mass is 10.1. The molecule has 12 heteroatoms. The van der Waals surface area contributed by atoms with Crippen molar-refractivity contribution in [2.45, 2.75) is 31.7 Å². The molecule has 0 aliphatic carbocycles. The third-order valence-corrected chi connectivity index (χ3v) is 4.54. The number of aryl methyl sites for hydroxylation is 1. The summed E-state index contributed by atoms with van der Waals surface area (Å²) in [5, 5.41) is 10.6. The fourth-order valence-corrected chi connectivity index (χ4v) is 3.05. The van der Waals surface area contributed by atoms with Crippen molar-refractivity contribution in [2.75, 3.05) is 13.1 Å². The Labute approximate surface area is 163 Å². The Balaban J connectivity index is 1.27. The van der Waals surface area contributed by atoms with Crippen molar-refractivity contribution in [2.24, 2.45) is 7.05 Å². The number of likely N-dealkylation sites (tertiary alicyclic amines) is 1. The average molecular weight is 409 g/mol. The number of piperidine rings is 1. The summed E-state index contributed by atoms with van der Waals surface area (Å²) in [5.41, 5.74) is 1.76. The zero-order valence-electron chi connectivity index (χ0n) is 15.5. The Bertz CT molecular complexity index is 947. The fraction of sp³-hybridized carbons (Fsp3) is 0.471. The summed E-state index contributed by atoms with van der Waals surface area (Å²) in [6.07, 6.45) is 3.65. The Morgan fingerprint density at radius 3 is 2.41 bits per heavy atom. The largest absolute Gasteiger partial charge is 0.470 e. The number of hydrogen-bond acceptors (Lipinski definition) is 8. The van der Waals surface area contributed by atoms with Crippen LogP contribution in [0.2, 0.25) is 0 Å². The van der Waals surface area contributed by atoms with Crippen molar-refractivity contribution in [1.29, 1.82) is 0 Å². The quantitative estimate of drug-likeness (QED) is 0.634. The summed E-state index contributed by atoms with van der Waals surface area (Å²) in [7, 11) is 1.84. The van der Waals surface area contributed by atoms with Crippen LogP contribution in [0, 0.1) is 0 Å². The standard InChI is InChI=1S/C17H18F3N7O2/c1-26-9-12(8-23-26)11-6-21-16(22-7-11)28-13-2-4-27(5-3-13)10-14-24-25-15(29-14)17(18,19)20/h6-9,13H,2-5,10H2,1H3. The Kier molecular flexibility index (Phi) is 5.18. The minimum Gasteiger partial charge on any atom is -0.460 e. The lowest BCUT2D eigenvalue weighted by molar-refractivity contribution is -0.157. The van der Waals surface area contributed by atoms with E-state index in [1.165, 1.54) is 0 Å². The highest BCUT2D eigenvalue weighted by atomic mass is 19.4. The van der Waals surface area contributed by atoms with Gasteiger partial charge < -0.3 is 9.15 Å². The molecule has 0 atom stereocenters. The van der Waals surface area contributed by atoms with Gasteiger partial charge in [-0.3, -0.25) is 9.58 Å². The molecule has 1 saturated heterocycles. The summed E-state index contributed by atoms with van der Waals surface area (Å²) < 4.78 is 49.8. The maximum Gasteiger partial charge on any atom is 0.470 e. The Morgan fingerprint density at radius 2 is 1.83 bits per heavy atom. The second-order valence-electron chi connectivity index (χ2n) is 6.75. The van der Waals surface area contributed by atoms with Crippen LogP contribution >= 0.6 is 0 Å². The number of ether oxygens (including phenoxy) is 1. The van der Waals surface area contributed by atoms with E-state index >= 15 is 0 Å². The first-order valence-corrected chi connectivity index (χ1v) is 8.96. The lowest BCUT2D eigenvalue weighted by Gasteiger charge is -2.30. The van der Waals surface area contributed by atoms with E-state index < -0.39 is 12.1 Å². The van der Waals surface area contributed by atoms with Gasteiger partial charge in [-0.15, -0.1) is 10.2 Å². The van der Waals surface area contributed by atoms with Gasteiger partial charge in [0, 0.05) is 49.9 Å². The van der Waals surface area contributed by atoms with Crippen LogP contribution < -0.4 is 4.74 Å². The molecule has 1 fully saturated rings.